The Hall–Kier alpha value is -1.94. The van der Waals surface area contributed by atoms with Gasteiger partial charge in [-0.15, -0.1) is 0 Å². The van der Waals surface area contributed by atoms with Gasteiger partial charge in [-0.25, -0.2) is 9.97 Å². The predicted octanol–water partition coefficient (Wildman–Crippen LogP) is 2.02. The molecule has 0 saturated carbocycles. The Labute approximate surface area is 106 Å². The molecule has 0 amide bonds. The molecule has 0 unspecified atom stereocenters. The molecule has 92 valence electrons. The van der Waals surface area contributed by atoms with Gasteiger partial charge in [0.15, 0.2) is 0 Å². The van der Waals surface area contributed by atoms with Crippen molar-refractivity contribution >= 4 is 11.6 Å². The maximum Gasteiger partial charge on any atom is 0.230 e. The van der Waals surface area contributed by atoms with Crippen LogP contribution in [0.5, 0.6) is 0 Å². The van der Waals surface area contributed by atoms with Crippen molar-refractivity contribution in [3.05, 3.63) is 47.8 Å². The molecule has 0 radical (unpaired) electrons. The van der Waals surface area contributed by atoms with Crippen molar-refractivity contribution in [2.75, 3.05) is 11.4 Å². The highest BCUT2D eigenvalue weighted by Crippen LogP contribution is 2.30. The van der Waals surface area contributed by atoms with Gasteiger partial charge >= 0.3 is 0 Å². The monoisotopic (exact) mass is 240 g/mol. The molecule has 0 atom stereocenters. The van der Waals surface area contributed by atoms with Crippen LogP contribution in [0.2, 0.25) is 0 Å². The maximum atomic E-state index is 5.63. The zero-order chi connectivity index (χ0) is 12.4. The second kappa shape index (κ2) is 4.74. The Kier molecular flexibility index (Phi) is 2.94. The number of rotatable bonds is 2. The van der Waals surface area contributed by atoms with Crippen molar-refractivity contribution < 1.29 is 0 Å². The number of anilines is 2. The van der Waals surface area contributed by atoms with Crippen molar-refractivity contribution in [3.8, 4) is 0 Å². The van der Waals surface area contributed by atoms with E-state index < -0.39 is 0 Å². The number of benzene rings is 1. The molecular formula is C14H16N4. The molecule has 0 saturated heterocycles. The molecule has 1 aliphatic heterocycles. The number of aromatic nitrogens is 2. The Morgan fingerprint density at radius 2 is 2.11 bits per heavy atom. The second-order valence-corrected chi connectivity index (χ2v) is 4.44. The smallest absolute Gasteiger partial charge is 0.230 e. The lowest BCUT2D eigenvalue weighted by Crippen LogP contribution is -2.26. The molecule has 1 aliphatic rings. The molecule has 3 rings (SSSR count). The first-order valence-corrected chi connectivity index (χ1v) is 6.26. The van der Waals surface area contributed by atoms with E-state index in [2.05, 4.69) is 39.1 Å². The minimum Gasteiger partial charge on any atom is -0.325 e. The fourth-order valence-electron chi connectivity index (χ4n) is 2.37. The SMILES string of the molecule is NCc1ccnc(N2CCCc3ccccc32)n1. The third-order valence-electron chi connectivity index (χ3n) is 3.26. The molecular weight excluding hydrogens is 224 g/mol. The van der Waals surface area contributed by atoms with Gasteiger partial charge in [0.25, 0.3) is 0 Å². The summed E-state index contributed by atoms with van der Waals surface area (Å²) in [5.41, 5.74) is 9.10. The van der Waals surface area contributed by atoms with E-state index in [-0.39, 0.29) is 0 Å². The zero-order valence-corrected chi connectivity index (χ0v) is 10.2. The topological polar surface area (TPSA) is 55.0 Å². The highest BCUT2D eigenvalue weighted by molar-refractivity contribution is 5.63. The summed E-state index contributed by atoms with van der Waals surface area (Å²) in [5.74, 6) is 0.755. The molecule has 0 spiro atoms. The Morgan fingerprint density at radius 3 is 3.00 bits per heavy atom. The van der Waals surface area contributed by atoms with Crippen LogP contribution in [0, 0.1) is 0 Å². The van der Waals surface area contributed by atoms with E-state index in [0.29, 0.717) is 6.54 Å². The van der Waals surface area contributed by atoms with Gasteiger partial charge in [-0.1, -0.05) is 18.2 Å². The minimum absolute atomic E-state index is 0.449. The fourth-order valence-corrected chi connectivity index (χ4v) is 2.37. The average Bonchev–Trinajstić information content (AvgIpc) is 2.47. The van der Waals surface area contributed by atoms with E-state index in [9.17, 15) is 0 Å². The van der Waals surface area contributed by atoms with E-state index in [1.807, 2.05) is 6.07 Å². The normalized spacial score (nSPS) is 14.4. The van der Waals surface area contributed by atoms with Gasteiger partial charge in [0.2, 0.25) is 5.95 Å². The molecule has 18 heavy (non-hydrogen) atoms. The number of nitrogens with two attached hydrogens (primary N) is 1. The van der Waals surface area contributed by atoms with Gasteiger partial charge < -0.3 is 10.6 Å². The van der Waals surface area contributed by atoms with Crippen LogP contribution in [-0.2, 0) is 13.0 Å². The Balaban J connectivity index is 2.02. The third-order valence-corrected chi connectivity index (χ3v) is 3.26. The van der Waals surface area contributed by atoms with E-state index in [1.54, 1.807) is 6.20 Å². The molecule has 0 fully saturated rings. The molecule has 1 aromatic heterocycles. The zero-order valence-electron chi connectivity index (χ0n) is 10.2. The maximum absolute atomic E-state index is 5.63. The number of hydrogen-bond acceptors (Lipinski definition) is 4. The van der Waals surface area contributed by atoms with Crippen LogP contribution in [0.1, 0.15) is 17.7 Å². The van der Waals surface area contributed by atoms with Gasteiger partial charge in [-0.3, -0.25) is 0 Å². The number of nitrogens with zero attached hydrogens (tertiary/aromatic N) is 3. The molecule has 1 aromatic carbocycles. The third kappa shape index (κ3) is 1.95. The molecule has 2 aromatic rings. The molecule has 2 heterocycles. The average molecular weight is 240 g/mol. The lowest BCUT2D eigenvalue weighted by molar-refractivity contribution is 0.746. The van der Waals surface area contributed by atoms with Crippen molar-refractivity contribution in [2.24, 2.45) is 5.73 Å². The van der Waals surface area contributed by atoms with Crippen LogP contribution in [0.4, 0.5) is 11.6 Å². The summed E-state index contributed by atoms with van der Waals surface area (Å²) >= 11 is 0. The fraction of sp³-hybridized carbons (Fsp3) is 0.286. The van der Waals surface area contributed by atoms with Crippen LogP contribution in [-0.4, -0.2) is 16.5 Å². The van der Waals surface area contributed by atoms with Crippen molar-refractivity contribution in [3.63, 3.8) is 0 Å². The standard InChI is InChI=1S/C14H16N4/c15-10-12-7-8-16-14(17-12)18-9-3-5-11-4-1-2-6-13(11)18/h1-2,4,6-8H,3,5,9-10,15H2. The lowest BCUT2D eigenvalue weighted by Gasteiger charge is -2.29. The summed E-state index contributed by atoms with van der Waals surface area (Å²) in [6.07, 6.45) is 4.04. The largest absolute Gasteiger partial charge is 0.325 e. The van der Waals surface area contributed by atoms with Gasteiger partial charge in [0.05, 0.1) is 5.69 Å². The first kappa shape index (κ1) is 11.2. The highest BCUT2D eigenvalue weighted by atomic mass is 15.3. The van der Waals surface area contributed by atoms with E-state index in [4.69, 9.17) is 5.73 Å². The quantitative estimate of drug-likeness (QED) is 0.872. The Morgan fingerprint density at radius 1 is 1.22 bits per heavy atom. The number of hydrogen-bond donors (Lipinski definition) is 1. The van der Waals surface area contributed by atoms with Crippen LogP contribution in [0.25, 0.3) is 0 Å². The van der Waals surface area contributed by atoms with Gasteiger partial charge in [-0.2, -0.15) is 0 Å². The molecule has 0 aliphatic carbocycles. The summed E-state index contributed by atoms with van der Waals surface area (Å²) in [4.78, 5) is 11.1. The van der Waals surface area contributed by atoms with E-state index in [0.717, 1.165) is 31.0 Å². The lowest BCUT2D eigenvalue weighted by atomic mass is 10.0. The summed E-state index contributed by atoms with van der Waals surface area (Å²) in [6.45, 7) is 1.41. The molecule has 4 nitrogen and oxygen atoms in total. The first-order chi connectivity index (χ1) is 8.88. The van der Waals surface area contributed by atoms with Crippen molar-refractivity contribution in [1.29, 1.82) is 0 Å². The summed E-state index contributed by atoms with van der Waals surface area (Å²) in [7, 11) is 0. The van der Waals surface area contributed by atoms with Crippen molar-refractivity contribution in [1.82, 2.24) is 9.97 Å². The van der Waals surface area contributed by atoms with E-state index in [1.165, 1.54) is 11.3 Å². The van der Waals surface area contributed by atoms with Crippen LogP contribution >= 0.6 is 0 Å². The van der Waals surface area contributed by atoms with Crippen LogP contribution < -0.4 is 10.6 Å². The molecule has 2 N–H and O–H groups in total. The summed E-state index contributed by atoms with van der Waals surface area (Å²) in [5, 5.41) is 0. The summed E-state index contributed by atoms with van der Waals surface area (Å²) < 4.78 is 0. The highest BCUT2D eigenvalue weighted by Gasteiger charge is 2.19. The van der Waals surface area contributed by atoms with E-state index >= 15 is 0 Å². The van der Waals surface area contributed by atoms with Crippen molar-refractivity contribution in [2.45, 2.75) is 19.4 Å². The Bertz CT molecular complexity index is 553. The van der Waals surface area contributed by atoms with Gasteiger partial charge in [0, 0.05) is 25.0 Å². The van der Waals surface area contributed by atoms with Gasteiger partial charge in [0.1, 0.15) is 0 Å². The second-order valence-electron chi connectivity index (χ2n) is 4.44. The summed E-state index contributed by atoms with van der Waals surface area (Å²) in [6, 6.07) is 10.3. The van der Waals surface area contributed by atoms with Gasteiger partial charge in [-0.05, 0) is 30.5 Å². The van der Waals surface area contributed by atoms with Crippen LogP contribution in [0.3, 0.4) is 0 Å². The minimum atomic E-state index is 0.449. The molecule has 0 bridgehead atoms. The first-order valence-electron chi connectivity index (χ1n) is 6.26. The van der Waals surface area contributed by atoms with Crippen LogP contribution in [0.15, 0.2) is 36.5 Å². The molecule has 4 heteroatoms. The number of aryl methyl sites for hydroxylation is 1. The number of fused-ring (bicyclic) bond motifs is 1. The number of para-hydroxylation sites is 1. The predicted molar refractivity (Wildman–Crippen MR) is 71.7 cm³/mol.